The Morgan fingerprint density at radius 2 is 1.69 bits per heavy atom. The number of rotatable bonds is 3. The maximum Gasteiger partial charge on any atom is 0.347 e. The van der Waals surface area contributed by atoms with Crippen LogP contribution in [-0.2, 0) is 4.79 Å². The van der Waals surface area contributed by atoms with Gasteiger partial charge in [0, 0.05) is 35.6 Å². The SMILES string of the molecule is O=C(O)C1CCN(c2ccc3cc(-c4cc5ccccc5o4)c(=O)oc3c2)CC1. The number of benzene rings is 2. The zero-order valence-corrected chi connectivity index (χ0v) is 15.6. The van der Waals surface area contributed by atoms with Crippen molar-refractivity contribution in [2.24, 2.45) is 5.92 Å². The van der Waals surface area contributed by atoms with Crippen molar-refractivity contribution >= 4 is 33.6 Å². The molecule has 1 fully saturated rings. The van der Waals surface area contributed by atoms with Crippen molar-refractivity contribution in [2.45, 2.75) is 12.8 Å². The minimum Gasteiger partial charge on any atom is -0.481 e. The minimum atomic E-state index is -0.729. The summed E-state index contributed by atoms with van der Waals surface area (Å²) in [6, 6.07) is 17.0. The average molecular weight is 389 g/mol. The number of hydrogen-bond donors (Lipinski definition) is 1. The van der Waals surface area contributed by atoms with Crippen LogP contribution in [0.15, 0.2) is 68.2 Å². The summed E-state index contributed by atoms with van der Waals surface area (Å²) in [6.45, 7) is 1.34. The summed E-state index contributed by atoms with van der Waals surface area (Å²) < 4.78 is 11.4. The molecular weight excluding hydrogens is 370 g/mol. The lowest BCUT2D eigenvalue weighted by molar-refractivity contribution is -0.142. The van der Waals surface area contributed by atoms with Crippen LogP contribution < -0.4 is 10.5 Å². The van der Waals surface area contributed by atoms with Gasteiger partial charge in [-0.15, -0.1) is 0 Å². The number of carbonyl (C=O) groups is 1. The standard InChI is InChI=1S/C23H19NO5/c25-22(26)14-7-9-24(10-8-14)17-6-5-16-11-18(23(27)29-20(16)13-17)21-12-15-3-1-2-4-19(15)28-21/h1-6,11-14H,7-10H2,(H,25,26). The van der Waals surface area contributed by atoms with Gasteiger partial charge in [-0.3, -0.25) is 4.79 Å². The summed E-state index contributed by atoms with van der Waals surface area (Å²) in [4.78, 5) is 25.9. The first-order chi connectivity index (χ1) is 14.1. The minimum absolute atomic E-state index is 0.281. The third-order valence-corrected chi connectivity index (χ3v) is 5.62. The number of carboxylic acid groups (broad SMARTS) is 1. The van der Waals surface area contributed by atoms with E-state index in [0.29, 0.717) is 42.8 Å². The smallest absolute Gasteiger partial charge is 0.347 e. The fourth-order valence-corrected chi connectivity index (χ4v) is 3.97. The lowest BCUT2D eigenvalue weighted by atomic mass is 9.96. The molecule has 0 bridgehead atoms. The Hall–Kier alpha value is -3.54. The molecule has 0 atom stereocenters. The van der Waals surface area contributed by atoms with E-state index in [9.17, 15) is 9.59 Å². The molecule has 29 heavy (non-hydrogen) atoms. The first kappa shape index (κ1) is 17.6. The van der Waals surface area contributed by atoms with E-state index in [1.165, 1.54) is 0 Å². The average Bonchev–Trinajstić information content (AvgIpc) is 3.17. The second-order valence-electron chi connectivity index (χ2n) is 7.42. The van der Waals surface area contributed by atoms with Crippen LogP contribution in [0.2, 0.25) is 0 Å². The molecule has 1 saturated heterocycles. The van der Waals surface area contributed by atoms with Gasteiger partial charge in [-0.25, -0.2) is 4.79 Å². The lowest BCUT2D eigenvalue weighted by Gasteiger charge is -2.31. The van der Waals surface area contributed by atoms with Crippen LogP contribution in [0.1, 0.15) is 12.8 Å². The predicted molar refractivity (Wildman–Crippen MR) is 110 cm³/mol. The highest BCUT2D eigenvalue weighted by Crippen LogP contribution is 2.30. The number of hydrogen-bond acceptors (Lipinski definition) is 5. The molecule has 1 aliphatic rings. The van der Waals surface area contributed by atoms with Crippen molar-refractivity contribution in [3.63, 3.8) is 0 Å². The first-order valence-electron chi connectivity index (χ1n) is 9.63. The highest BCUT2D eigenvalue weighted by Gasteiger charge is 2.25. The largest absolute Gasteiger partial charge is 0.481 e. The fraction of sp³-hybridized carbons (Fsp3) is 0.217. The van der Waals surface area contributed by atoms with Gasteiger partial charge in [0.1, 0.15) is 22.5 Å². The van der Waals surface area contributed by atoms with E-state index in [2.05, 4.69) is 4.90 Å². The Bertz CT molecular complexity index is 1240. The number of aliphatic carboxylic acids is 1. The van der Waals surface area contributed by atoms with Gasteiger partial charge in [0.15, 0.2) is 0 Å². The van der Waals surface area contributed by atoms with Crippen LogP contribution >= 0.6 is 0 Å². The van der Waals surface area contributed by atoms with Gasteiger partial charge in [0.2, 0.25) is 0 Å². The van der Waals surface area contributed by atoms with Gasteiger partial charge in [0.05, 0.1) is 5.92 Å². The number of carboxylic acids is 1. The number of anilines is 1. The van der Waals surface area contributed by atoms with Gasteiger partial charge in [-0.05, 0) is 43.2 Å². The predicted octanol–water partition coefficient (Wildman–Crippen LogP) is 4.51. The van der Waals surface area contributed by atoms with E-state index in [1.807, 2.05) is 48.5 Å². The number of piperidine rings is 1. The zero-order valence-electron chi connectivity index (χ0n) is 15.6. The van der Waals surface area contributed by atoms with Gasteiger partial charge in [-0.2, -0.15) is 0 Å². The molecule has 1 aliphatic heterocycles. The van der Waals surface area contributed by atoms with Crippen LogP contribution in [0.3, 0.4) is 0 Å². The zero-order chi connectivity index (χ0) is 20.0. The van der Waals surface area contributed by atoms with Crippen LogP contribution in [0.4, 0.5) is 5.69 Å². The van der Waals surface area contributed by atoms with Crippen molar-refractivity contribution in [3.8, 4) is 11.3 Å². The number of para-hydroxylation sites is 1. The van der Waals surface area contributed by atoms with E-state index in [1.54, 1.807) is 6.07 Å². The molecule has 0 radical (unpaired) electrons. The Kier molecular flexibility index (Phi) is 4.12. The maximum absolute atomic E-state index is 12.6. The molecule has 0 saturated carbocycles. The molecule has 2 aromatic carbocycles. The summed E-state index contributed by atoms with van der Waals surface area (Å²) in [5.41, 5.74) is 2.11. The van der Waals surface area contributed by atoms with Crippen LogP contribution in [0, 0.1) is 5.92 Å². The normalized spacial score (nSPS) is 15.2. The maximum atomic E-state index is 12.6. The second kappa shape index (κ2) is 6.81. The Balaban J connectivity index is 1.48. The number of furan rings is 1. The van der Waals surface area contributed by atoms with Crippen molar-refractivity contribution in [2.75, 3.05) is 18.0 Å². The molecule has 3 heterocycles. The van der Waals surface area contributed by atoms with Gasteiger partial charge < -0.3 is 18.8 Å². The van der Waals surface area contributed by atoms with Crippen LogP contribution in [0.5, 0.6) is 0 Å². The molecule has 0 aliphatic carbocycles. The Labute approximate surface area is 166 Å². The molecule has 146 valence electrons. The highest BCUT2D eigenvalue weighted by molar-refractivity contribution is 5.87. The molecule has 0 spiro atoms. The van der Waals surface area contributed by atoms with E-state index in [4.69, 9.17) is 13.9 Å². The van der Waals surface area contributed by atoms with Crippen molar-refractivity contribution in [1.29, 1.82) is 0 Å². The topological polar surface area (TPSA) is 83.9 Å². The number of nitrogens with zero attached hydrogens (tertiary/aromatic N) is 1. The fourth-order valence-electron chi connectivity index (χ4n) is 3.97. The summed E-state index contributed by atoms with van der Waals surface area (Å²) in [5.74, 6) is -0.523. The molecule has 5 rings (SSSR count). The van der Waals surface area contributed by atoms with E-state index >= 15 is 0 Å². The molecular formula is C23H19NO5. The van der Waals surface area contributed by atoms with Crippen LogP contribution in [0.25, 0.3) is 33.3 Å². The van der Waals surface area contributed by atoms with Gasteiger partial charge >= 0.3 is 11.6 Å². The molecule has 1 N–H and O–H groups in total. The molecule has 0 unspecified atom stereocenters. The molecule has 4 aromatic rings. The highest BCUT2D eigenvalue weighted by atomic mass is 16.4. The third kappa shape index (κ3) is 3.16. The summed E-state index contributed by atoms with van der Waals surface area (Å²) in [5, 5.41) is 10.9. The van der Waals surface area contributed by atoms with Gasteiger partial charge in [0.25, 0.3) is 0 Å². The van der Waals surface area contributed by atoms with E-state index in [-0.39, 0.29) is 5.92 Å². The van der Waals surface area contributed by atoms with E-state index < -0.39 is 11.6 Å². The molecule has 0 amide bonds. The Morgan fingerprint density at radius 3 is 2.45 bits per heavy atom. The second-order valence-corrected chi connectivity index (χ2v) is 7.42. The summed E-state index contributed by atoms with van der Waals surface area (Å²) >= 11 is 0. The van der Waals surface area contributed by atoms with Crippen molar-refractivity contribution in [1.82, 2.24) is 0 Å². The Morgan fingerprint density at radius 1 is 0.931 bits per heavy atom. The van der Waals surface area contributed by atoms with Gasteiger partial charge in [-0.1, -0.05) is 18.2 Å². The van der Waals surface area contributed by atoms with Crippen molar-refractivity contribution in [3.05, 3.63) is 65.0 Å². The summed E-state index contributed by atoms with van der Waals surface area (Å²) in [7, 11) is 0. The van der Waals surface area contributed by atoms with Crippen LogP contribution in [-0.4, -0.2) is 24.2 Å². The van der Waals surface area contributed by atoms with Crippen molar-refractivity contribution < 1.29 is 18.7 Å². The number of fused-ring (bicyclic) bond motifs is 2. The third-order valence-electron chi connectivity index (χ3n) is 5.62. The monoisotopic (exact) mass is 389 g/mol. The lowest BCUT2D eigenvalue weighted by Crippen LogP contribution is -2.36. The molecule has 6 heteroatoms. The molecule has 6 nitrogen and oxygen atoms in total. The quantitative estimate of drug-likeness (QED) is 0.519. The first-order valence-corrected chi connectivity index (χ1v) is 9.63. The molecule has 2 aromatic heterocycles. The summed E-state index contributed by atoms with van der Waals surface area (Å²) in [6.07, 6.45) is 1.23. The van der Waals surface area contributed by atoms with E-state index in [0.717, 1.165) is 22.0 Å².